The van der Waals surface area contributed by atoms with Crippen molar-refractivity contribution in [1.82, 2.24) is 19.9 Å². The monoisotopic (exact) mass is 698 g/mol. The molecule has 5 nitrogen and oxygen atoms in total. The molecule has 0 unspecified atom stereocenters. The van der Waals surface area contributed by atoms with Gasteiger partial charge in [-0.1, -0.05) is 117 Å². The number of oxazole rings is 1. The van der Waals surface area contributed by atoms with E-state index >= 15 is 0 Å². The summed E-state index contributed by atoms with van der Waals surface area (Å²) in [5, 5.41) is 4.55. The summed E-state index contributed by atoms with van der Waals surface area (Å²) < 4.78 is 8.69. The fourth-order valence-corrected chi connectivity index (χ4v) is 9.24. The van der Waals surface area contributed by atoms with Crippen molar-refractivity contribution in [2.24, 2.45) is 0 Å². The van der Waals surface area contributed by atoms with Crippen molar-refractivity contribution in [2.45, 2.75) is 19.3 Å². The van der Waals surface area contributed by atoms with Gasteiger partial charge in [0.15, 0.2) is 23.1 Å². The van der Waals surface area contributed by atoms with E-state index in [1.807, 2.05) is 54.6 Å². The van der Waals surface area contributed by atoms with Crippen LogP contribution in [0.4, 0.5) is 0 Å². The molecule has 3 heterocycles. The molecular weight excluding hydrogens is 669 g/mol. The van der Waals surface area contributed by atoms with E-state index < -0.39 is 0 Å². The number of nitrogens with zero attached hydrogens (tertiary/aromatic N) is 4. The highest BCUT2D eigenvalue weighted by Gasteiger charge is 2.35. The molecule has 0 aliphatic heterocycles. The number of thiophene rings is 1. The van der Waals surface area contributed by atoms with Crippen molar-refractivity contribution in [1.29, 1.82) is 0 Å². The van der Waals surface area contributed by atoms with Crippen LogP contribution in [-0.4, -0.2) is 19.9 Å². The summed E-state index contributed by atoms with van der Waals surface area (Å²) in [4.78, 5) is 20.5. The van der Waals surface area contributed by atoms with Crippen molar-refractivity contribution in [2.75, 3.05) is 0 Å². The van der Waals surface area contributed by atoms with E-state index in [0.29, 0.717) is 23.4 Å². The van der Waals surface area contributed by atoms with Crippen LogP contribution in [0, 0.1) is 0 Å². The Labute approximate surface area is 309 Å². The van der Waals surface area contributed by atoms with Crippen LogP contribution in [0.1, 0.15) is 25.0 Å². The summed E-state index contributed by atoms with van der Waals surface area (Å²) in [6.45, 7) is 4.60. The maximum Gasteiger partial charge on any atom is 0.227 e. The summed E-state index contributed by atoms with van der Waals surface area (Å²) in [5.41, 5.74) is 10.5. The zero-order valence-electron chi connectivity index (χ0n) is 29.0. The number of benzene rings is 7. The first-order chi connectivity index (χ1) is 26.0. The van der Waals surface area contributed by atoms with Gasteiger partial charge in [0.2, 0.25) is 5.89 Å². The standard InChI is InChI=1S/C47H30N4OS/c1-47(2)35-16-10-9-15-32(35)34-26-31(19-21-36(34)47)45-50-43(28-11-5-3-6-12-28)49-44(51-45)30-18-17-27-20-23-38-40(33(27)25-30)41-39(53-38)24-22-37-42(41)48-46(52-37)29-13-7-4-8-14-29/h3-26H,1-2H3. The zero-order chi connectivity index (χ0) is 35.3. The first-order valence-electron chi connectivity index (χ1n) is 17.8. The van der Waals surface area contributed by atoms with Crippen molar-refractivity contribution < 1.29 is 4.42 Å². The van der Waals surface area contributed by atoms with Crippen LogP contribution in [0.25, 0.3) is 98.8 Å². The van der Waals surface area contributed by atoms with Crippen LogP contribution in [0.2, 0.25) is 0 Å². The van der Waals surface area contributed by atoms with Gasteiger partial charge in [0.1, 0.15) is 5.52 Å². The van der Waals surface area contributed by atoms with E-state index in [4.69, 9.17) is 24.4 Å². The Morgan fingerprint density at radius 2 is 1.09 bits per heavy atom. The van der Waals surface area contributed by atoms with Gasteiger partial charge in [0.25, 0.3) is 0 Å². The van der Waals surface area contributed by atoms with Crippen LogP contribution >= 0.6 is 11.3 Å². The number of hydrogen-bond acceptors (Lipinski definition) is 6. The quantitative estimate of drug-likeness (QED) is 0.183. The number of aromatic nitrogens is 4. The SMILES string of the molecule is CC1(C)c2ccccc2-c2cc(-c3nc(-c4ccccc4)nc(-c4ccc5ccc6sc7ccc8oc(-c9ccccc9)nc8c7c6c5c4)n3)ccc21. The predicted molar refractivity (Wildman–Crippen MR) is 217 cm³/mol. The van der Waals surface area contributed by atoms with Crippen molar-refractivity contribution in [3.8, 4) is 56.7 Å². The third kappa shape index (κ3) is 4.62. The van der Waals surface area contributed by atoms with Gasteiger partial charge in [0.05, 0.1) is 0 Å². The Morgan fingerprint density at radius 3 is 1.89 bits per heavy atom. The van der Waals surface area contributed by atoms with Crippen LogP contribution in [0.15, 0.2) is 150 Å². The molecule has 0 radical (unpaired) electrons. The molecule has 11 rings (SSSR count). The summed E-state index contributed by atoms with van der Waals surface area (Å²) >= 11 is 1.78. The van der Waals surface area contributed by atoms with Gasteiger partial charge in [-0.2, -0.15) is 0 Å². The van der Waals surface area contributed by atoms with Gasteiger partial charge >= 0.3 is 0 Å². The molecule has 0 amide bonds. The molecule has 1 aliphatic rings. The third-order valence-electron chi connectivity index (χ3n) is 10.8. The molecule has 3 aromatic heterocycles. The second-order valence-electron chi connectivity index (χ2n) is 14.3. The Kier molecular flexibility index (Phi) is 6.40. The highest BCUT2D eigenvalue weighted by molar-refractivity contribution is 7.26. The zero-order valence-corrected chi connectivity index (χ0v) is 29.8. The Hall–Kier alpha value is -6.50. The lowest BCUT2D eigenvalue weighted by atomic mass is 9.82. The molecule has 250 valence electrons. The van der Waals surface area contributed by atoms with Crippen LogP contribution in [-0.2, 0) is 5.41 Å². The number of fused-ring (bicyclic) bond motifs is 10. The molecule has 0 saturated heterocycles. The summed E-state index contributed by atoms with van der Waals surface area (Å²) in [7, 11) is 0. The molecule has 0 saturated carbocycles. The van der Waals surface area contributed by atoms with Gasteiger partial charge in [-0.3, -0.25) is 0 Å². The van der Waals surface area contributed by atoms with Gasteiger partial charge in [-0.15, -0.1) is 11.3 Å². The average Bonchev–Trinajstić information content (AvgIpc) is 3.89. The molecule has 6 heteroatoms. The summed E-state index contributed by atoms with van der Waals surface area (Å²) in [6.07, 6.45) is 0. The summed E-state index contributed by atoms with van der Waals surface area (Å²) in [5.74, 6) is 2.55. The maximum absolute atomic E-state index is 6.32. The highest BCUT2D eigenvalue weighted by Crippen LogP contribution is 2.49. The second-order valence-corrected chi connectivity index (χ2v) is 15.3. The fraction of sp³-hybridized carbons (Fsp3) is 0.0638. The van der Waals surface area contributed by atoms with Gasteiger partial charge in [-0.05, 0) is 75.5 Å². The molecule has 0 bridgehead atoms. The average molecular weight is 699 g/mol. The molecule has 0 N–H and O–H groups in total. The molecule has 53 heavy (non-hydrogen) atoms. The van der Waals surface area contributed by atoms with E-state index in [9.17, 15) is 0 Å². The number of rotatable bonds is 4. The molecular formula is C47H30N4OS. The van der Waals surface area contributed by atoms with Gasteiger partial charge < -0.3 is 4.42 Å². The Bertz CT molecular complexity index is 3090. The lowest BCUT2D eigenvalue weighted by Crippen LogP contribution is -2.14. The van der Waals surface area contributed by atoms with E-state index in [2.05, 4.69) is 105 Å². The van der Waals surface area contributed by atoms with Gasteiger partial charge in [-0.25, -0.2) is 19.9 Å². The third-order valence-corrected chi connectivity index (χ3v) is 11.9. The Balaban J connectivity index is 1.12. The van der Waals surface area contributed by atoms with E-state index in [1.54, 1.807) is 11.3 Å². The minimum Gasteiger partial charge on any atom is -0.436 e. The summed E-state index contributed by atoms with van der Waals surface area (Å²) in [6, 6.07) is 50.8. The van der Waals surface area contributed by atoms with Crippen LogP contribution in [0.5, 0.6) is 0 Å². The normalized spacial score (nSPS) is 13.2. The largest absolute Gasteiger partial charge is 0.436 e. The minimum absolute atomic E-state index is 0.0765. The molecule has 1 aliphatic carbocycles. The Morgan fingerprint density at radius 1 is 0.491 bits per heavy atom. The van der Waals surface area contributed by atoms with Crippen molar-refractivity contribution in [3.63, 3.8) is 0 Å². The van der Waals surface area contributed by atoms with Gasteiger partial charge in [0, 0.05) is 47.8 Å². The topological polar surface area (TPSA) is 64.7 Å². The van der Waals surface area contributed by atoms with Crippen LogP contribution < -0.4 is 0 Å². The fourth-order valence-electron chi connectivity index (χ4n) is 8.12. The van der Waals surface area contributed by atoms with E-state index in [-0.39, 0.29) is 5.41 Å². The number of hydrogen-bond donors (Lipinski definition) is 0. The van der Waals surface area contributed by atoms with Crippen molar-refractivity contribution >= 4 is 53.4 Å². The predicted octanol–water partition coefficient (Wildman–Crippen LogP) is 12.5. The maximum atomic E-state index is 6.32. The first kappa shape index (κ1) is 30.2. The molecule has 0 spiro atoms. The molecule has 7 aromatic carbocycles. The van der Waals surface area contributed by atoms with E-state index in [1.165, 1.54) is 37.0 Å². The lowest BCUT2D eigenvalue weighted by Gasteiger charge is -2.21. The van der Waals surface area contributed by atoms with E-state index in [0.717, 1.165) is 49.5 Å². The minimum atomic E-state index is -0.0765. The first-order valence-corrected chi connectivity index (χ1v) is 18.6. The second kappa shape index (κ2) is 11.2. The van der Waals surface area contributed by atoms with Crippen LogP contribution in [0.3, 0.4) is 0 Å². The molecule has 0 fully saturated rings. The smallest absolute Gasteiger partial charge is 0.227 e. The highest BCUT2D eigenvalue weighted by atomic mass is 32.1. The molecule has 10 aromatic rings. The lowest BCUT2D eigenvalue weighted by molar-refractivity contribution is 0.620. The van der Waals surface area contributed by atoms with Crippen molar-refractivity contribution in [3.05, 3.63) is 157 Å². The molecule has 0 atom stereocenters.